The van der Waals surface area contributed by atoms with E-state index in [1.807, 2.05) is 24.3 Å². The Balaban J connectivity index is 2.18. The van der Waals surface area contributed by atoms with Crippen molar-refractivity contribution in [3.8, 4) is 17.0 Å². The molecule has 0 aliphatic carbocycles. The maximum Gasteiger partial charge on any atom is 0.154 e. The minimum Gasteiger partial charge on any atom is -0.497 e. The lowest BCUT2D eigenvalue weighted by Gasteiger charge is -2.05. The summed E-state index contributed by atoms with van der Waals surface area (Å²) in [5.41, 5.74) is 2.06. The molecule has 1 aromatic heterocycles. The molecule has 5 heteroatoms. The van der Waals surface area contributed by atoms with Crippen molar-refractivity contribution >= 4 is 28.8 Å². The maximum atomic E-state index is 13.5. The first-order valence-corrected chi connectivity index (χ1v) is 6.62. The standard InChI is InChI=1S/C16H11ClFNO2/c1-21-10-2-5-14-9(6-10)7-15(19-14)11-3-4-13(18)12(8-20)16(11)17/h2-8,19H,1H3. The van der Waals surface area contributed by atoms with E-state index in [-0.39, 0.29) is 10.6 Å². The van der Waals surface area contributed by atoms with Crippen molar-refractivity contribution in [1.29, 1.82) is 0 Å². The van der Waals surface area contributed by atoms with Gasteiger partial charge in [-0.15, -0.1) is 0 Å². The zero-order valence-corrected chi connectivity index (χ0v) is 11.9. The van der Waals surface area contributed by atoms with Gasteiger partial charge in [-0.25, -0.2) is 4.39 Å². The van der Waals surface area contributed by atoms with E-state index in [9.17, 15) is 9.18 Å². The van der Waals surface area contributed by atoms with Gasteiger partial charge in [0.15, 0.2) is 6.29 Å². The van der Waals surface area contributed by atoms with Crippen molar-refractivity contribution in [2.75, 3.05) is 7.11 Å². The summed E-state index contributed by atoms with van der Waals surface area (Å²) >= 11 is 6.12. The van der Waals surface area contributed by atoms with E-state index >= 15 is 0 Å². The lowest BCUT2D eigenvalue weighted by molar-refractivity contribution is 0.112. The number of H-pyrrole nitrogens is 1. The summed E-state index contributed by atoms with van der Waals surface area (Å²) in [4.78, 5) is 14.1. The van der Waals surface area contributed by atoms with Gasteiger partial charge < -0.3 is 9.72 Å². The van der Waals surface area contributed by atoms with Gasteiger partial charge in [0.05, 0.1) is 17.7 Å². The molecule has 0 aliphatic heterocycles. The van der Waals surface area contributed by atoms with Gasteiger partial charge in [0.1, 0.15) is 11.6 Å². The van der Waals surface area contributed by atoms with Crippen LogP contribution in [0.3, 0.4) is 0 Å². The van der Waals surface area contributed by atoms with Gasteiger partial charge in [-0.2, -0.15) is 0 Å². The first-order chi connectivity index (χ1) is 10.1. The van der Waals surface area contributed by atoms with Crippen LogP contribution in [0.5, 0.6) is 5.75 Å². The van der Waals surface area contributed by atoms with Crippen LogP contribution < -0.4 is 4.74 Å². The van der Waals surface area contributed by atoms with E-state index in [1.54, 1.807) is 13.2 Å². The van der Waals surface area contributed by atoms with Crippen molar-refractivity contribution in [3.05, 3.63) is 52.8 Å². The number of ether oxygens (including phenoxy) is 1. The van der Waals surface area contributed by atoms with Crippen molar-refractivity contribution in [2.45, 2.75) is 0 Å². The van der Waals surface area contributed by atoms with Crippen molar-refractivity contribution in [2.24, 2.45) is 0 Å². The average molecular weight is 304 g/mol. The number of aldehydes is 1. The molecule has 21 heavy (non-hydrogen) atoms. The Morgan fingerprint density at radius 1 is 1.24 bits per heavy atom. The van der Waals surface area contributed by atoms with Crippen LogP contribution in [0.15, 0.2) is 36.4 Å². The molecule has 0 radical (unpaired) electrons. The van der Waals surface area contributed by atoms with Gasteiger partial charge in [-0.1, -0.05) is 11.6 Å². The highest BCUT2D eigenvalue weighted by molar-refractivity contribution is 6.35. The van der Waals surface area contributed by atoms with Crippen LogP contribution >= 0.6 is 11.6 Å². The van der Waals surface area contributed by atoms with Gasteiger partial charge in [-0.05, 0) is 36.4 Å². The van der Waals surface area contributed by atoms with Gasteiger partial charge in [-0.3, -0.25) is 4.79 Å². The van der Waals surface area contributed by atoms with Gasteiger partial charge in [0.2, 0.25) is 0 Å². The monoisotopic (exact) mass is 303 g/mol. The zero-order chi connectivity index (χ0) is 15.0. The molecule has 3 nitrogen and oxygen atoms in total. The molecule has 0 fully saturated rings. The number of hydrogen-bond acceptors (Lipinski definition) is 2. The minimum atomic E-state index is -0.628. The Morgan fingerprint density at radius 3 is 2.76 bits per heavy atom. The molecule has 3 aromatic rings. The van der Waals surface area contributed by atoms with Crippen molar-refractivity contribution in [1.82, 2.24) is 4.98 Å². The number of carbonyl (C=O) groups excluding carboxylic acids is 1. The number of benzene rings is 2. The molecular formula is C16H11ClFNO2. The number of aromatic amines is 1. The van der Waals surface area contributed by atoms with Crippen LogP contribution in [0.1, 0.15) is 10.4 Å². The smallest absolute Gasteiger partial charge is 0.154 e. The van der Waals surface area contributed by atoms with E-state index in [1.165, 1.54) is 6.07 Å². The third kappa shape index (κ3) is 2.28. The number of hydrogen-bond donors (Lipinski definition) is 1. The van der Waals surface area contributed by atoms with Crippen LogP contribution in [-0.4, -0.2) is 18.4 Å². The molecule has 0 saturated carbocycles. The zero-order valence-electron chi connectivity index (χ0n) is 11.1. The summed E-state index contributed by atoms with van der Waals surface area (Å²) in [7, 11) is 1.60. The van der Waals surface area contributed by atoms with E-state index in [0.717, 1.165) is 16.7 Å². The second-order valence-corrected chi connectivity index (χ2v) is 4.95. The van der Waals surface area contributed by atoms with Crippen LogP contribution in [0.4, 0.5) is 4.39 Å². The van der Waals surface area contributed by atoms with E-state index < -0.39 is 5.82 Å². The Labute approximate surface area is 125 Å². The van der Waals surface area contributed by atoms with E-state index in [4.69, 9.17) is 16.3 Å². The lowest BCUT2D eigenvalue weighted by Crippen LogP contribution is -1.92. The van der Waals surface area contributed by atoms with Gasteiger partial charge >= 0.3 is 0 Å². The predicted molar refractivity (Wildman–Crippen MR) is 80.6 cm³/mol. The summed E-state index contributed by atoms with van der Waals surface area (Å²) in [5.74, 6) is 0.114. The second kappa shape index (κ2) is 5.22. The highest BCUT2D eigenvalue weighted by Crippen LogP contribution is 2.33. The Hall–Kier alpha value is -2.33. The van der Waals surface area contributed by atoms with Crippen LogP contribution in [0.25, 0.3) is 22.2 Å². The fourth-order valence-electron chi connectivity index (χ4n) is 2.27. The van der Waals surface area contributed by atoms with Crippen LogP contribution in [-0.2, 0) is 0 Å². The summed E-state index contributed by atoms with van der Waals surface area (Å²) in [6.07, 6.45) is 0.423. The third-order valence-electron chi connectivity index (χ3n) is 3.36. The van der Waals surface area contributed by atoms with Crippen molar-refractivity contribution < 1.29 is 13.9 Å². The van der Waals surface area contributed by atoms with E-state index in [0.29, 0.717) is 17.5 Å². The number of rotatable bonds is 3. The topological polar surface area (TPSA) is 42.1 Å². The molecule has 2 aromatic carbocycles. The van der Waals surface area contributed by atoms with E-state index in [2.05, 4.69) is 4.98 Å². The number of halogens is 2. The number of aromatic nitrogens is 1. The second-order valence-electron chi connectivity index (χ2n) is 4.58. The Kier molecular flexibility index (Phi) is 3.39. The van der Waals surface area contributed by atoms with Crippen molar-refractivity contribution in [3.63, 3.8) is 0 Å². The first kappa shape index (κ1) is 13.6. The third-order valence-corrected chi connectivity index (χ3v) is 3.77. The molecular weight excluding hydrogens is 293 g/mol. The molecule has 106 valence electrons. The molecule has 0 spiro atoms. The minimum absolute atomic E-state index is 0.100. The molecule has 0 saturated heterocycles. The van der Waals surface area contributed by atoms with Gasteiger partial charge in [0.25, 0.3) is 0 Å². The number of methoxy groups -OCH3 is 1. The fraction of sp³-hybridized carbons (Fsp3) is 0.0625. The predicted octanol–water partition coefficient (Wildman–Crippen LogP) is 4.45. The molecule has 0 bridgehead atoms. The largest absolute Gasteiger partial charge is 0.497 e. The quantitative estimate of drug-likeness (QED) is 0.726. The van der Waals surface area contributed by atoms with Crippen LogP contribution in [0.2, 0.25) is 5.02 Å². The molecule has 3 rings (SSSR count). The molecule has 0 atom stereocenters. The normalized spacial score (nSPS) is 10.8. The first-order valence-electron chi connectivity index (χ1n) is 6.24. The number of fused-ring (bicyclic) bond motifs is 1. The highest BCUT2D eigenvalue weighted by atomic mass is 35.5. The average Bonchev–Trinajstić information content (AvgIpc) is 2.90. The fourth-order valence-corrected chi connectivity index (χ4v) is 2.57. The molecule has 0 unspecified atom stereocenters. The molecule has 0 aliphatic rings. The number of carbonyl (C=O) groups is 1. The summed E-state index contributed by atoms with van der Waals surface area (Å²) in [6.45, 7) is 0. The number of nitrogens with one attached hydrogen (secondary N) is 1. The summed E-state index contributed by atoms with van der Waals surface area (Å²) in [5, 5.41) is 1.04. The van der Waals surface area contributed by atoms with Crippen LogP contribution in [0, 0.1) is 5.82 Å². The molecule has 1 heterocycles. The SMILES string of the molecule is COc1ccc2[nH]c(-c3ccc(F)c(C=O)c3Cl)cc2c1. The molecule has 0 amide bonds. The Morgan fingerprint density at radius 2 is 2.05 bits per heavy atom. The highest BCUT2D eigenvalue weighted by Gasteiger charge is 2.14. The lowest BCUT2D eigenvalue weighted by atomic mass is 10.1. The Bertz CT molecular complexity index is 842. The molecule has 1 N–H and O–H groups in total. The summed E-state index contributed by atoms with van der Waals surface area (Å²) in [6, 6.07) is 10.3. The van der Waals surface area contributed by atoms with Gasteiger partial charge in [0, 0.05) is 22.2 Å². The summed E-state index contributed by atoms with van der Waals surface area (Å²) < 4.78 is 18.7. The maximum absolute atomic E-state index is 13.5.